The molecule has 0 aromatic heterocycles. The zero-order chi connectivity index (χ0) is 16.7. The summed E-state index contributed by atoms with van der Waals surface area (Å²) in [6.07, 6.45) is 0.425. The van der Waals surface area contributed by atoms with Crippen LogP contribution in [0, 0.1) is 0 Å². The normalized spacial score (nSPS) is 13.2. The van der Waals surface area contributed by atoms with Crippen molar-refractivity contribution in [3.63, 3.8) is 0 Å². The average Bonchev–Trinajstić information content (AvgIpc) is 2.60. The summed E-state index contributed by atoms with van der Waals surface area (Å²) in [5.74, 6) is 0.936. The Kier molecular flexibility index (Phi) is 6.18. The molecular weight excluding hydrogens is 288 g/mol. The molecule has 0 fully saturated rings. The zero-order valence-electron chi connectivity index (χ0n) is 13.7. The van der Waals surface area contributed by atoms with Crippen molar-refractivity contribution in [3.8, 4) is 5.75 Å². The van der Waals surface area contributed by atoms with Crippen LogP contribution in [0.15, 0.2) is 54.6 Å². The number of amides is 1. The summed E-state index contributed by atoms with van der Waals surface area (Å²) in [7, 11) is 1.64. The van der Waals surface area contributed by atoms with Gasteiger partial charge in [-0.25, -0.2) is 0 Å². The van der Waals surface area contributed by atoms with Crippen LogP contribution in [0.5, 0.6) is 5.75 Å². The third-order valence-electron chi connectivity index (χ3n) is 3.90. The monoisotopic (exact) mass is 312 g/mol. The first kappa shape index (κ1) is 17.0. The highest BCUT2D eigenvalue weighted by Crippen LogP contribution is 2.23. The number of nitrogens with one attached hydrogen (secondary N) is 1. The van der Waals surface area contributed by atoms with Gasteiger partial charge in [-0.15, -0.1) is 0 Å². The third-order valence-corrected chi connectivity index (χ3v) is 3.90. The summed E-state index contributed by atoms with van der Waals surface area (Å²) in [6, 6.07) is 17.4. The molecule has 0 heterocycles. The average molecular weight is 312 g/mol. The number of benzene rings is 2. The fraction of sp³-hybridized carbons (Fsp3) is 0.316. The van der Waals surface area contributed by atoms with Crippen molar-refractivity contribution in [2.75, 3.05) is 13.7 Å². The molecule has 2 aromatic carbocycles. The Morgan fingerprint density at radius 2 is 1.83 bits per heavy atom. The lowest BCUT2D eigenvalue weighted by Crippen LogP contribution is -2.32. The van der Waals surface area contributed by atoms with E-state index < -0.39 is 0 Å². The van der Waals surface area contributed by atoms with Gasteiger partial charge in [-0.05, 0) is 29.2 Å². The molecule has 122 valence electrons. The fourth-order valence-electron chi connectivity index (χ4n) is 2.46. The first-order valence-corrected chi connectivity index (χ1v) is 7.81. The highest BCUT2D eigenvalue weighted by molar-refractivity contribution is 5.76. The standard InChI is InChI=1S/C19H24N2O2/c1-14(16-9-6-10-17(12-16)23-2)11-19(22)21-13-18(20)15-7-4-3-5-8-15/h3-10,12,14,18H,11,13,20H2,1-2H3,(H,21,22). The van der Waals surface area contributed by atoms with Gasteiger partial charge in [-0.2, -0.15) is 0 Å². The van der Waals surface area contributed by atoms with E-state index in [2.05, 4.69) is 5.32 Å². The van der Waals surface area contributed by atoms with E-state index in [1.165, 1.54) is 0 Å². The zero-order valence-corrected chi connectivity index (χ0v) is 13.7. The van der Waals surface area contributed by atoms with Gasteiger partial charge >= 0.3 is 0 Å². The second-order valence-electron chi connectivity index (χ2n) is 5.70. The van der Waals surface area contributed by atoms with Crippen LogP contribution in [-0.2, 0) is 4.79 Å². The van der Waals surface area contributed by atoms with Crippen molar-refractivity contribution in [1.29, 1.82) is 0 Å². The Morgan fingerprint density at radius 1 is 1.13 bits per heavy atom. The molecule has 3 N–H and O–H groups in total. The molecule has 0 aliphatic carbocycles. The maximum Gasteiger partial charge on any atom is 0.220 e. The van der Waals surface area contributed by atoms with Crippen LogP contribution in [-0.4, -0.2) is 19.6 Å². The molecule has 0 aliphatic rings. The summed E-state index contributed by atoms with van der Waals surface area (Å²) < 4.78 is 5.22. The first-order valence-electron chi connectivity index (χ1n) is 7.81. The van der Waals surface area contributed by atoms with Crippen LogP contribution < -0.4 is 15.8 Å². The Bertz CT molecular complexity index is 628. The van der Waals surface area contributed by atoms with Gasteiger partial charge < -0.3 is 15.8 Å². The van der Waals surface area contributed by atoms with Crippen molar-refractivity contribution in [2.45, 2.75) is 25.3 Å². The maximum absolute atomic E-state index is 12.1. The minimum absolute atomic E-state index is 0.00620. The largest absolute Gasteiger partial charge is 0.497 e. The summed E-state index contributed by atoms with van der Waals surface area (Å²) in [5.41, 5.74) is 8.20. The van der Waals surface area contributed by atoms with E-state index in [4.69, 9.17) is 10.5 Å². The lowest BCUT2D eigenvalue weighted by Gasteiger charge is -2.16. The Hall–Kier alpha value is -2.33. The number of hydrogen-bond donors (Lipinski definition) is 2. The molecule has 2 atom stereocenters. The highest BCUT2D eigenvalue weighted by atomic mass is 16.5. The second kappa shape index (κ2) is 8.34. The molecule has 0 saturated carbocycles. The molecule has 0 radical (unpaired) electrons. The number of ether oxygens (including phenoxy) is 1. The number of nitrogens with two attached hydrogens (primary N) is 1. The lowest BCUT2D eigenvalue weighted by atomic mass is 9.97. The van der Waals surface area contributed by atoms with Gasteiger partial charge in [0.25, 0.3) is 0 Å². The molecular formula is C19H24N2O2. The molecule has 4 heteroatoms. The Morgan fingerprint density at radius 3 is 2.52 bits per heavy atom. The quantitative estimate of drug-likeness (QED) is 0.826. The summed E-state index contributed by atoms with van der Waals surface area (Å²) >= 11 is 0. The molecule has 2 rings (SSSR count). The predicted octanol–water partition coefficient (Wildman–Crippen LogP) is 3.01. The van der Waals surface area contributed by atoms with Gasteiger partial charge in [0.2, 0.25) is 5.91 Å². The lowest BCUT2D eigenvalue weighted by molar-refractivity contribution is -0.121. The fourth-order valence-corrected chi connectivity index (χ4v) is 2.46. The van der Waals surface area contributed by atoms with Crippen LogP contribution >= 0.6 is 0 Å². The number of methoxy groups -OCH3 is 1. The topological polar surface area (TPSA) is 64.3 Å². The maximum atomic E-state index is 12.1. The van der Waals surface area contributed by atoms with Crippen LogP contribution in [0.1, 0.15) is 36.4 Å². The Balaban J connectivity index is 1.84. The van der Waals surface area contributed by atoms with Crippen LogP contribution in [0.25, 0.3) is 0 Å². The van der Waals surface area contributed by atoms with E-state index >= 15 is 0 Å². The summed E-state index contributed by atoms with van der Waals surface area (Å²) in [6.45, 7) is 2.47. The van der Waals surface area contributed by atoms with Gasteiger partial charge in [-0.3, -0.25) is 4.79 Å². The first-order chi connectivity index (χ1) is 11.1. The molecule has 2 aromatic rings. The van der Waals surface area contributed by atoms with Crippen molar-refractivity contribution >= 4 is 5.91 Å². The van der Waals surface area contributed by atoms with E-state index in [9.17, 15) is 4.79 Å². The van der Waals surface area contributed by atoms with E-state index in [0.29, 0.717) is 13.0 Å². The van der Waals surface area contributed by atoms with Gasteiger partial charge in [0.15, 0.2) is 0 Å². The minimum Gasteiger partial charge on any atom is -0.497 e. The predicted molar refractivity (Wildman–Crippen MR) is 92.4 cm³/mol. The smallest absolute Gasteiger partial charge is 0.220 e. The van der Waals surface area contributed by atoms with Crippen molar-refractivity contribution in [2.24, 2.45) is 5.73 Å². The minimum atomic E-state index is -0.188. The van der Waals surface area contributed by atoms with E-state index in [0.717, 1.165) is 16.9 Å². The van der Waals surface area contributed by atoms with E-state index in [-0.39, 0.29) is 17.9 Å². The van der Waals surface area contributed by atoms with Crippen molar-refractivity contribution < 1.29 is 9.53 Å². The molecule has 0 bridgehead atoms. The number of rotatable bonds is 7. The van der Waals surface area contributed by atoms with Crippen LogP contribution in [0.2, 0.25) is 0 Å². The van der Waals surface area contributed by atoms with Crippen LogP contribution in [0.3, 0.4) is 0 Å². The SMILES string of the molecule is COc1cccc(C(C)CC(=O)NCC(N)c2ccccc2)c1. The number of hydrogen-bond acceptors (Lipinski definition) is 3. The molecule has 0 spiro atoms. The summed E-state index contributed by atoms with van der Waals surface area (Å²) in [4.78, 5) is 12.1. The highest BCUT2D eigenvalue weighted by Gasteiger charge is 2.13. The van der Waals surface area contributed by atoms with Gasteiger partial charge in [0.05, 0.1) is 7.11 Å². The molecule has 2 unspecified atom stereocenters. The molecule has 1 amide bonds. The third kappa shape index (κ3) is 5.11. The second-order valence-corrected chi connectivity index (χ2v) is 5.70. The number of carbonyl (C=O) groups is 1. The van der Waals surface area contributed by atoms with Gasteiger partial charge in [0.1, 0.15) is 5.75 Å². The van der Waals surface area contributed by atoms with Crippen molar-refractivity contribution in [3.05, 3.63) is 65.7 Å². The molecule has 0 saturated heterocycles. The van der Waals surface area contributed by atoms with E-state index in [1.54, 1.807) is 7.11 Å². The summed E-state index contributed by atoms with van der Waals surface area (Å²) in [5, 5.41) is 2.91. The van der Waals surface area contributed by atoms with Gasteiger partial charge in [0, 0.05) is 19.0 Å². The van der Waals surface area contributed by atoms with E-state index in [1.807, 2.05) is 61.5 Å². The van der Waals surface area contributed by atoms with Crippen molar-refractivity contribution in [1.82, 2.24) is 5.32 Å². The van der Waals surface area contributed by atoms with Gasteiger partial charge in [-0.1, -0.05) is 49.4 Å². The molecule has 0 aliphatic heterocycles. The number of carbonyl (C=O) groups excluding carboxylic acids is 1. The Labute approximate surface area is 137 Å². The van der Waals surface area contributed by atoms with Crippen LogP contribution in [0.4, 0.5) is 0 Å². The molecule has 23 heavy (non-hydrogen) atoms. The molecule has 4 nitrogen and oxygen atoms in total.